The Morgan fingerprint density at radius 2 is 0.776 bits per heavy atom. The molecule has 1 fully saturated rings. The van der Waals surface area contributed by atoms with Gasteiger partial charge in [0.2, 0.25) is 0 Å². The first-order valence-electron chi connectivity index (χ1n) is 32.1. The van der Waals surface area contributed by atoms with E-state index in [1.807, 2.05) is 0 Å². The van der Waals surface area contributed by atoms with Gasteiger partial charge in [0, 0.05) is 56.8 Å². The average molecular weight is 1120 g/mol. The van der Waals surface area contributed by atoms with Crippen molar-refractivity contribution in [2.45, 2.75) is 214 Å². The number of rotatable bonds is 6. The number of nitrogens with zero attached hydrogens (tertiary/aromatic N) is 3. The van der Waals surface area contributed by atoms with Gasteiger partial charge >= 0.3 is 0 Å². The fourth-order valence-electron chi connectivity index (χ4n) is 15.1. The Hall–Kier alpha value is -6.78. The molecule has 1 saturated carbocycles. The Kier molecular flexibility index (Phi) is 13.7. The highest BCUT2D eigenvalue weighted by molar-refractivity contribution is 7.00. The monoisotopic (exact) mass is 1120 g/mol. The third-order valence-corrected chi connectivity index (χ3v) is 20.7. The minimum atomic E-state index is -0.167. The quantitative estimate of drug-likeness (QED) is 0.121. The first kappa shape index (κ1) is 58.6. The molecule has 1 aliphatic carbocycles. The van der Waals surface area contributed by atoms with Crippen LogP contribution in [0.2, 0.25) is 0 Å². The van der Waals surface area contributed by atoms with E-state index in [0.29, 0.717) is 0 Å². The predicted molar refractivity (Wildman–Crippen MR) is 369 cm³/mol. The van der Waals surface area contributed by atoms with Gasteiger partial charge in [0.1, 0.15) is 0 Å². The van der Waals surface area contributed by atoms with Crippen LogP contribution in [-0.2, 0) is 37.9 Å². The summed E-state index contributed by atoms with van der Waals surface area (Å²) < 4.78 is 0. The molecule has 438 valence electrons. The summed E-state index contributed by atoms with van der Waals surface area (Å²) in [6.07, 6.45) is 4.70. The van der Waals surface area contributed by atoms with Gasteiger partial charge in [0.05, 0.1) is 5.54 Å². The van der Waals surface area contributed by atoms with Gasteiger partial charge in [0.25, 0.3) is 6.71 Å². The van der Waals surface area contributed by atoms with Crippen molar-refractivity contribution in [3.05, 3.63) is 219 Å². The molecule has 4 aliphatic rings. The van der Waals surface area contributed by atoms with E-state index in [4.69, 9.17) is 0 Å². The van der Waals surface area contributed by atoms with Crippen LogP contribution in [0.15, 0.2) is 164 Å². The van der Waals surface area contributed by atoms with Crippen molar-refractivity contribution in [3.63, 3.8) is 0 Å². The molecule has 2 atom stereocenters. The van der Waals surface area contributed by atoms with Crippen molar-refractivity contribution in [3.8, 4) is 0 Å². The molecule has 2 unspecified atom stereocenters. The summed E-state index contributed by atoms with van der Waals surface area (Å²) in [4.78, 5) is 8.12. The number of hydrogen-bond acceptors (Lipinski definition) is 3. The van der Waals surface area contributed by atoms with Gasteiger partial charge in [-0.15, -0.1) is 0 Å². The van der Waals surface area contributed by atoms with E-state index < -0.39 is 0 Å². The van der Waals surface area contributed by atoms with Crippen molar-refractivity contribution < 1.29 is 0 Å². The van der Waals surface area contributed by atoms with Crippen LogP contribution in [0.3, 0.4) is 0 Å². The van der Waals surface area contributed by atoms with E-state index in [1.165, 1.54) is 130 Å². The Bertz CT molecular complexity index is 3820. The van der Waals surface area contributed by atoms with E-state index in [2.05, 4.69) is 317 Å². The summed E-state index contributed by atoms with van der Waals surface area (Å²) in [6, 6.07) is 66.0. The van der Waals surface area contributed by atoms with Crippen molar-refractivity contribution in [1.29, 1.82) is 0 Å². The van der Waals surface area contributed by atoms with Gasteiger partial charge in [-0.1, -0.05) is 248 Å². The van der Waals surface area contributed by atoms with Crippen molar-refractivity contribution >= 4 is 68.6 Å². The highest BCUT2D eigenvalue weighted by atomic mass is 15.3. The van der Waals surface area contributed by atoms with Gasteiger partial charge in [-0.25, -0.2) is 0 Å². The minimum absolute atomic E-state index is 0.00458. The summed E-state index contributed by atoms with van der Waals surface area (Å²) in [5, 5.41) is 0. The molecule has 12 rings (SSSR count). The number of anilines is 8. The molecule has 3 heterocycles. The van der Waals surface area contributed by atoms with Gasteiger partial charge in [-0.3, -0.25) is 0 Å². The predicted octanol–water partition coefficient (Wildman–Crippen LogP) is 20.5. The van der Waals surface area contributed by atoms with Gasteiger partial charge in [-0.2, -0.15) is 0 Å². The highest BCUT2D eigenvalue weighted by Crippen LogP contribution is 2.62. The summed E-state index contributed by atoms with van der Waals surface area (Å²) >= 11 is 0. The van der Waals surface area contributed by atoms with E-state index in [9.17, 15) is 0 Å². The van der Waals surface area contributed by atoms with Crippen LogP contribution >= 0.6 is 0 Å². The lowest BCUT2D eigenvalue weighted by Crippen LogP contribution is -2.61. The second-order valence-corrected chi connectivity index (χ2v) is 32.7. The minimum Gasteiger partial charge on any atom is -0.334 e. The topological polar surface area (TPSA) is 9.72 Å². The van der Waals surface area contributed by atoms with E-state index in [1.54, 1.807) is 0 Å². The third-order valence-electron chi connectivity index (χ3n) is 20.7. The first-order chi connectivity index (χ1) is 39.7. The lowest BCUT2D eigenvalue weighted by Gasteiger charge is -2.51. The molecule has 0 radical (unpaired) electrons. The SMILES string of the molecule is CC(C)(C)c1ccc(C(c2ccc(C(C)(C)C)cc2)c2ccc3c(c2)C2(C)CCCCC2(C)N3c2ccc3c(c2)N(c2ccc(C(C)(C)C)cc2)c2cc(C(C)(C)C)cc4c2B3c2ccc(C(C)(C)C)cc2N4c2cccc(C(C)(C)C)c2)cc1. The maximum absolute atomic E-state index is 2.82. The molecule has 8 aromatic carbocycles. The molecular weight excluding hydrogens is 1030 g/mol. The molecule has 0 amide bonds. The van der Waals surface area contributed by atoms with Crippen molar-refractivity contribution in [2.75, 3.05) is 14.7 Å². The summed E-state index contributed by atoms with van der Waals surface area (Å²) in [7, 11) is 0. The molecule has 0 saturated heterocycles. The van der Waals surface area contributed by atoms with E-state index >= 15 is 0 Å². The second-order valence-electron chi connectivity index (χ2n) is 32.7. The average Bonchev–Trinajstić information content (AvgIpc) is 1.76. The van der Waals surface area contributed by atoms with Crippen LogP contribution in [0.5, 0.6) is 0 Å². The summed E-state index contributed by atoms with van der Waals surface area (Å²) in [5.41, 5.74) is 27.4. The molecule has 0 bridgehead atoms. The zero-order chi connectivity index (χ0) is 60.9. The molecule has 0 N–H and O–H groups in total. The third kappa shape index (κ3) is 9.89. The van der Waals surface area contributed by atoms with E-state index in [-0.39, 0.29) is 56.1 Å². The van der Waals surface area contributed by atoms with Crippen molar-refractivity contribution in [2.24, 2.45) is 0 Å². The lowest BCUT2D eigenvalue weighted by atomic mass is 9.33. The van der Waals surface area contributed by atoms with Gasteiger partial charge in [-0.05, 0) is 185 Å². The lowest BCUT2D eigenvalue weighted by molar-refractivity contribution is 0.195. The standard InChI is InChI=1S/C81H96BN3/c1-74(2,3)55-31-26-52(27-32-55)72(53-28-33-56(34-29-53)75(4,5)6)54-30-43-67-64(46-54)80(19)44-21-22-45-81(80,20)85(67)63-40-42-66-69(51-63)83(61-38-35-57(36-39-61)76(7,8)9)70-49-60(79(16,17)18)50-71-73(70)82(66)65-41-37-59(78(13,14)15)48-68(65)84(71)62-25-23-24-58(47-62)77(10,11)12/h23-43,46-51,72H,21-22,44-45H2,1-20H3. The smallest absolute Gasteiger partial charge is 0.252 e. The molecule has 85 heavy (non-hydrogen) atoms. The normalized spacial score (nSPS) is 18.7. The maximum atomic E-state index is 2.82. The van der Waals surface area contributed by atoms with Crippen LogP contribution in [0.1, 0.15) is 226 Å². The summed E-state index contributed by atoms with van der Waals surface area (Å²) in [6.45, 7) is 47.4. The number of fused-ring (bicyclic) bond motifs is 7. The van der Waals surface area contributed by atoms with Gasteiger partial charge in [0.15, 0.2) is 0 Å². The Labute approximate surface area is 513 Å². The zero-order valence-electron chi connectivity index (χ0n) is 55.4. The fourth-order valence-corrected chi connectivity index (χ4v) is 15.1. The van der Waals surface area contributed by atoms with Crippen LogP contribution < -0.4 is 31.1 Å². The van der Waals surface area contributed by atoms with Crippen LogP contribution in [0, 0.1) is 0 Å². The zero-order valence-corrected chi connectivity index (χ0v) is 55.4. The number of benzene rings is 8. The Balaban J connectivity index is 1.09. The summed E-state index contributed by atoms with van der Waals surface area (Å²) in [5.74, 6) is 0.0851. The van der Waals surface area contributed by atoms with Crippen molar-refractivity contribution in [1.82, 2.24) is 0 Å². The van der Waals surface area contributed by atoms with Gasteiger partial charge < -0.3 is 14.7 Å². The molecule has 3 nitrogen and oxygen atoms in total. The highest BCUT2D eigenvalue weighted by Gasteiger charge is 2.58. The molecule has 0 aromatic heterocycles. The molecule has 0 spiro atoms. The molecular formula is C81H96BN3. The van der Waals surface area contributed by atoms with Crippen LogP contribution in [0.25, 0.3) is 0 Å². The number of hydrogen-bond donors (Lipinski definition) is 0. The molecule has 8 aromatic rings. The fraction of sp³-hybridized carbons (Fsp3) is 0.407. The second kappa shape index (κ2) is 19.9. The van der Waals surface area contributed by atoms with Crippen LogP contribution in [0.4, 0.5) is 45.5 Å². The molecule has 3 aliphatic heterocycles. The Morgan fingerprint density at radius 1 is 0.353 bits per heavy atom. The van der Waals surface area contributed by atoms with E-state index in [0.717, 1.165) is 12.8 Å². The molecule has 4 heteroatoms. The Morgan fingerprint density at radius 3 is 1.31 bits per heavy atom. The van der Waals surface area contributed by atoms with Crippen LogP contribution in [-0.4, -0.2) is 12.3 Å². The maximum Gasteiger partial charge on any atom is 0.252 e. The largest absolute Gasteiger partial charge is 0.334 e. The first-order valence-corrected chi connectivity index (χ1v) is 32.1.